The molecule has 6 nitrogen and oxygen atoms in total. The SMILES string of the molecule is Cc1c(Cl)ccc2sc(N3CCN(C(=O)c4cncn4C)CC3)nc12. The zero-order valence-electron chi connectivity index (χ0n) is 14.1. The fraction of sp³-hybridized carbons (Fsp3) is 0.353. The molecule has 1 fully saturated rings. The fourth-order valence-electron chi connectivity index (χ4n) is 3.05. The topological polar surface area (TPSA) is 54.3 Å². The van der Waals surface area contributed by atoms with E-state index in [1.807, 2.05) is 31.0 Å². The zero-order chi connectivity index (χ0) is 17.6. The summed E-state index contributed by atoms with van der Waals surface area (Å²) in [4.78, 5) is 25.5. The summed E-state index contributed by atoms with van der Waals surface area (Å²) >= 11 is 7.87. The van der Waals surface area contributed by atoms with Gasteiger partial charge < -0.3 is 14.4 Å². The first-order chi connectivity index (χ1) is 12.0. The van der Waals surface area contributed by atoms with Gasteiger partial charge in [0.05, 0.1) is 22.7 Å². The van der Waals surface area contributed by atoms with Crippen LogP contribution in [0.25, 0.3) is 10.2 Å². The molecule has 3 heterocycles. The second-order valence-corrected chi connectivity index (χ2v) is 7.60. The number of imidazole rings is 1. The van der Waals surface area contributed by atoms with Crippen molar-refractivity contribution < 1.29 is 4.79 Å². The molecular formula is C17H18ClN5OS. The predicted octanol–water partition coefficient (Wildman–Crippen LogP) is 2.95. The highest BCUT2D eigenvalue weighted by Gasteiger charge is 2.25. The maximum atomic E-state index is 12.6. The molecule has 0 radical (unpaired) electrons. The van der Waals surface area contributed by atoms with Crippen molar-refractivity contribution in [1.82, 2.24) is 19.4 Å². The Balaban J connectivity index is 1.50. The lowest BCUT2D eigenvalue weighted by Gasteiger charge is -2.34. The van der Waals surface area contributed by atoms with Crippen molar-refractivity contribution in [2.75, 3.05) is 31.1 Å². The fourth-order valence-corrected chi connectivity index (χ4v) is 4.28. The number of benzene rings is 1. The minimum atomic E-state index is 0.0339. The third-order valence-corrected chi connectivity index (χ3v) is 6.10. The van der Waals surface area contributed by atoms with Crippen molar-refractivity contribution >= 4 is 44.2 Å². The minimum absolute atomic E-state index is 0.0339. The number of fused-ring (bicyclic) bond motifs is 1. The number of rotatable bonds is 2. The second kappa shape index (κ2) is 6.31. The van der Waals surface area contributed by atoms with Crippen LogP contribution in [0.2, 0.25) is 5.02 Å². The van der Waals surface area contributed by atoms with E-state index in [0.29, 0.717) is 18.8 Å². The molecule has 4 rings (SSSR count). The molecule has 3 aromatic rings. The number of nitrogens with zero attached hydrogens (tertiary/aromatic N) is 5. The molecule has 0 bridgehead atoms. The van der Waals surface area contributed by atoms with Gasteiger partial charge in [-0.05, 0) is 24.6 Å². The smallest absolute Gasteiger partial charge is 0.272 e. The maximum absolute atomic E-state index is 12.6. The summed E-state index contributed by atoms with van der Waals surface area (Å²) in [5, 5.41) is 1.74. The number of hydrogen-bond donors (Lipinski definition) is 0. The number of aryl methyl sites for hydroxylation is 2. The Morgan fingerprint density at radius 1 is 1.24 bits per heavy atom. The Hall–Kier alpha value is -2.12. The molecule has 1 amide bonds. The molecule has 2 aromatic heterocycles. The summed E-state index contributed by atoms with van der Waals surface area (Å²) in [6.07, 6.45) is 3.27. The zero-order valence-corrected chi connectivity index (χ0v) is 15.6. The molecular weight excluding hydrogens is 358 g/mol. The van der Waals surface area contributed by atoms with Crippen molar-refractivity contribution in [1.29, 1.82) is 0 Å². The van der Waals surface area contributed by atoms with Crippen LogP contribution in [0.4, 0.5) is 5.13 Å². The molecule has 0 atom stereocenters. The van der Waals surface area contributed by atoms with E-state index in [9.17, 15) is 4.79 Å². The number of thiazole rings is 1. The van der Waals surface area contributed by atoms with Crippen LogP contribution < -0.4 is 4.90 Å². The van der Waals surface area contributed by atoms with Crippen LogP contribution in [0.15, 0.2) is 24.7 Å². The molecule has 0 unspecified atom stereocenters. The second-order valence-electron chi connectivity index (χ2n) is 6.18. The molecule has 8 heteroatoms. The number of hydrogen-bond acceptors (Lipinski definition) is 5. The summed E-state index contributed by atoms with van der Waals surface area (Å²) in [6, 6.07) is 3.94. The summed E-state index contributed by atoms with van der Waals surface area (Å²) in [7, 11) is 1.84. The lowest BCUT2D eigenvalue weighted by atomic mass is 10.2. The van der Waals surface area contributed by atoms with Gasteiger partial charge in [-0.25, -0.2) is 9.97 Å². The Morgan fingerprint density at radius 2 is 2.00 bits per heavy atom. The number of anilines is 1. The van der Waals surface area contributed by atoms with Gasteiger partial charge in [-0.3, -0.25) is 4.79 Å². The van der Waals surface area contributed by atoms with E-state index >= 15 is 0 Å². The van der Waals surface area contributed by atoms with Crippen LogP contribution in [-0.4, -0.2) is 51.5 Å². The number of carbonyl (C=O) groups is 1. The van der Waals surface area contributed by atoms with Crippen LogP contribution in [0, 0.1) is 6.92 Å². The third kappa shape index (κ3) is 2.87. The van der Waals surface area contributed by atoms with Crippen molar-refractivity contribution in [2.24, 2.45) is 7.05 Å². The van der Waals surface area contributed by atoms with E-state index in [1.165, 1.54) is 0 Å². The van der Waals surface area contributed by atoms with E-state index in [4.69, 9.17) is 16.6 Å². The Kier molecular flexibility index (Phi) is 4.13. The summed E-state index contributed by atoms with van der Waals surface area (Å²) in [6.45, 7) is 4.91. The molecule has 1 aromatic carbocycles. The van der Waals surface area contributed by atoms with Crippen molar-refractivity contribution in [2.45, 2.75) is 6.92 Å². The standard InChI is InChI=1S/C17H18ClN5OS/c1-11-12(18)3-4-14-15(11)20-17(25-14)23-7-5-22(6-8-23)16(24)13-9-19-10-21(13)2/h3-4,9-10H,5-8H2,1-2H3. The van der Waals surface area contributed by atoms with Crippen LogP contribution in [0.5, 0.6) is 0 Å². The number of halogens is 1. The predicted molar refractivity (Wildman–Crippen MR) is 101 cm³/mol. The molecule has 0 spiro atoms. The van der Waals surface area contributed by atoms with Crippen molar-refractivity contribution in [3.63, 3.8) is 0 Å². The molecule has 1 aliphatic heterocycles. The van der Waals surface area contributed by atoms with Crippen molar-refractivity contribution in [3.05, 3.63) is 40.9 Å². The van der Waals surface area contributed by atoms with E-state index in [-0.39, 0.29) is 5.91 Å². The van der Waals surface area contributed by atoms with Crippen LogP contribution in [0.3, 0.4) is 0 Å². The van der Waals surface area contributed by atoms with Gasteiger partial charge in [-0.1, -0.05) is 22.9 Å². The number of amides is 1. The first kappa shape index (κ1) is 16.4. The largest absolute Gasteiger partial charge is 0.345 e. The van der Waals surface area contributed by atoms with E-state index in [0.717, 1.165) is 39.0 Å². The average molecular weight is 376 g/mol. The van der Waals surface area contributed by atoms with Crippen LogP contribution in [-0.2, 0) is 7.05 Å². The van der Waals surface area contributed by atoms with Gasteiger partial charge in [0.1, 0.15) is 5.69 Å². The quantitative estimate of drug-likeness (QED) is 0.691. The van der Waals surface area contributed by atoms with Crippen LogP contribution >= 0.6 is 22.9 Å². The molecule has 0 aliphatic carbocycles. The highest BCUT2D eigenvalue weighted by molar-refractivity contribution is 7.22. The normalized spacial score (nSPS) is 15.2. The molecule has 1 saturated heterocycles. The number of piperazine rings is 1. The van der Waals surface area contributed by atoms with Gasteiger partial charge in [0.25, 0.3) is 5.91 Å². The molecule has 130 valence electrons. The third-order valence-electron chi connectivity index (χ3n) is 4.61. The van der Waals surface area contributed by atoms with Gasteiger partial charge in [-0.15, -0.1) is 0 Å². The summed E-state index contributed by atoms with van der Waals surface area (Å²) < 4.78 is 2.90. The first-order valence-corrected chi connectivity index (χ1v) is 9.30. The van der Waals surface area contributed by atoms with E-state index < -0.39 is 0 Å². The van der Waals surface area contributed by atoms with E-state index in [2.05, 4.69) is 9.88 Å². The monoisotopic (exact) mass is 375 g/mol. The molecule has 0 N–H and O–H groups in total. The van der Waals surface area contributed by atoms with Crippen molar-refractivity contribution in [3.8, 4) is 0 Å². The Labute approximate surface area is 154 Å². The highest BCUT2D eigenvalue weighted by Crippen LogP contribution is 2.33. The lowest BCUT2D eigenvalue weighted by molar-refractivity contribution is 0.0737. The Morgan fingerprint density at radius 3 is 2.68 bits per heavy atom. The number of carbonyl (C=O) groups excluding carboxylic acids is 1. The lowest BCUT2D eigenvalue weighted by Crippen LogP contribution is -2.49. The number of aromatic nitrogens is 3. The maximum Gasteiger partial charge on any atom is 0.272 e. The average Bonchev–Trinajstić information content (AvgIpc) is 3.24. The highest BCUT2D eigenvalue weighted by atomic mass is 35.5. The molecule has 0 saturated carbocycles. The van der Waals surface area contributed by atoms with Gasteiger partial charge in [0.2, 0.25) is 0 Å². The minimum Gasteiger partial charge on any atom is -0.345 e. The van der Waals surface area contributed by atoms with E-state index in [1.54, 1.807) is 28.4 Å². The van der Waals surface area contributed by atoms with Gasteiger partial charge in [0, 0.05) is 38.2 Å². The summed E-state index contributed by atoms with van der Waals surface area (Å²) in [5.74, 6) is 0.0339. The molecule has 1 aliphatic rings. The van der Waals surface area contributed by atoms with Crippen LogP contribution in [0.1, 0.15) is 16.1 Å². The van der Waals surface area contributed by atoms with Gasteiger partial charge in [-0.2, -0.15) is 0 Å². The van der Waals surface area contributed by atoms with Gasteiger partial charge >= 0.3 is 0 Å². The molecule has 25 heavy (non-hydrogen) atoms. The first-order valence-electron chi connectivity index (χ1n) is 8.11. The van der Waals surface area contributed by atoms with Gasteiger partial charge in [0.15, 0.2) is 5.13 Å². The summed E-state index contributed by atoms with van der Waals surface area (Å²) in [5.41, 5.74) is 2.62. The Bertz CT molecular complexity index is 942.